The SMILES string of the molecule is CC(NC(=O)OC(C)(C)C)c1ccc(O)cc1/C=C/C1CC1. The molecular formula is C18H25NO3. The van der Waals surface area contributed by atoms with E-state index < -0.39 is 11.7 Å². The second-order valence-electron chi connectivity index (χ2n) is 6.88. The van der Waals surface area contributed by atoms with Gasteiger partial charge in [0.1, 0.15) is 11.4 Å². The molecule has 0 bridgehead atoms. The van der Waals surface area contributed by atoms with Gasteiger partial charge < -0.3 is 15.2 Å². The van der Waals surface area contributed by atoms with Crippen LogP contribution in [0.25, 0.3) is 6.08 Å². The molecule has 0 aromatic heterocycles. The van der Waals surface area contributed by atoms with Gasteiger partial charge in [-0.2, -0.15) is 0 Å². The number of benzene rings is 1. The summed E-state index contributed by atoms with van der Waals surface area (Å²) in [4.78, 5) is 11.9. The van der Waals surface area contributed by atoms with Crippen molar-refractivity contribution < 1.29 is 14.6 Å². The van der Waals surface area contributed by atoms with Gasteiger partial charge in [-0.1, -0.05) is 18.2 Å². The highest BCUT2D eigenvalue weighted by molar-refractivity contribution is 5.69. The molecule has 4 nitrogen and oxygen atoms in total. The monoisotopic (exact) mass is 303 g/mol. The first-order chi connectivity index (χ1) is 10.2. The van der Waals surface area contributed by atoms with Crippen molar-refractivity contribution in [1.82, 2.24) is 5.32 Å². The Bertz CT molecular complexity index is 568. The fourth-order valence-corrected chi connectivity index (χ4v) is 2.19. The van der Waals surface area contributed by atoms with Gasteiger partial charge in [-0.05, 0) is 69.7 Å². The Kier molecular flexibility index (Phi) is 4.79. The Balaban J connectivity index is 2.10. The van der Waals surface area contributed by atoms with Crippen LogP contribution in [0, 0.1) is 5.92 Å². The van der Waals surface area contributed by atoms with E-state index >= 15 is 0 Å². The third-order valence-electron chi connectivity index (χ3n) is 3.44. The van der Waals surface area contributed by atoms with Crippen LogP contribution in [0.3, 0.4) is 0 Å². The zero-order chi connectivity index (χ0) is 16.3. The van der Waals surface area contributed by atoms with E-state index in [1.54, 1.807) is 12.1 Å². The highest BCUT2D eigenvalue weighted by Crippen LogP contribution is 2.32. The molecule has 1 atom stereocenters. The zero-order valence-electron chi connectivity index (χ0n) is 13.7. The minimum atomic E-state index is -0.520. The lowest BCUT2D eigenvalue weighted by Gasteiger charge is -2.23. The number of amides is 1. The molecule has 0 aliphatic heterocycles. The Morgan fingerprint density at radius 3 is 2.68 bits per heavy atom. The predicted octanol–water partition coefficient (Wildman–Crippen LogP) is 4.40. The van der Waals surface area contributed by atoms with Gasteiger partial charge in [-0.25, -0.2) is 4.79 Å². The van der Waals surface area contributed by atoms with E-state index in [2.05, 4.69) is 11.4 Å². The quantitative estimate of drug-likeness (QED) is 0.866. The molecule has 0 heterocycles. The third kappa shape index (κ3) is 5.10. The number of allylic oxidation sites excluding steroid dienone is 1. The molecule has 120 valence electrons. The van der Waals surface area contributed by atoms with E-state index in [1.165, 1.54) is 12.8 Å². The fourth-order valence-electron chi connectivity index (χ4n) is 2.19. The third-order valence-corrected chi connectivity index (χ3v) is 3.44. The molecule has 1 aromatic rings. The Morgan fingerprint density at radius 1 is 1.41 bits per heavy atom. The van der Waals surface area contributed by atoms with Crippen LogP contribution in [-0.2, 0) is 4.74 Å². The molecule has 0 spiro atoms. The lowest BCUT2D eigenvalue weighted by atomic mass is 10.0. The summed E-state index contributed by atoms with van der Waals surface area (Å²) in [5, 5.41) is 12.5. The smallest absolute Gasteiger partial charge is 0.408 e. The first kappa shape index (κ1) is 16.4. The van der Waals surface area contributed by atoms with Gasteiger partial charge in [-0.3, -0.25) is 0 Å². The number of alkyl carbamates (subject to hydrolysis) is 1. The van der Waals surface area contributed by atoms with E-state index in [0.29, 0.717) is 5.92 Å². The molecular weight excluding hydrogens is 278 g/mol. The normalized spacial score (nSPS) is 16.5. The number of rotatable bonds is 4. The zero-order valence-corrected chi connectivity index (χ0v) is 13.7. The lowest BCUT2D eigenvalue weighted by Crippen LogP contribution is -2.34. The van der Waals surface area contributed by atoms with Crippen LogP contribution in [0.1, 0.15) is 57.7 Å². The summed E-state index contributed by atoms with van der Waals surface area (Å²) >= 11 is 0. The molecule has 2 rings (SSSR count). The molecule has 1 saturated carbocycles. The number of hydrogen-bond acceptors (Lipinski definition) is 3. The molecule has 1 amide bonds. The molecule has 1 fully saturated rings. The average molecular weight is 303 g/mol. The summed E-state index contributed by atoms with van der Waals surface area (Å²) in [6.07, 6.45) is 6.22. The number of carbonyl (C=O) groups excluding carboxylic acids is 1. The molecule has 22 heavy (non-hydrogen) atoms. The van der Waals surface area contributed by atoms with Gasteiger partial charge in [0.05, 0.1) is 6.04 Å². The summed E-state index contributed by atoms with van der Waals surface area (Å²) in [5.74, 6) is 0.882. The number of aromatic hydroxyl groups is 1. The number of ether oxygens (including phenoxy) is 1. The minimum absolute atomic E-state index is 0.200. The summed E-state index contributed by atoms with van der Waals surface area (Å²) in [6.45, 7) is 7.41. The highest BCUT2D eigenvalue weighted by atomic mass is 16.6. The van der Waals surface area contributed by atoms with Crippen molar-refractivity contribution in [3.63, 3.8) is 0 Å². The lowest BCUT2D eigenvalue weighted by molar-refractivity contribution is 0.0508. The van der Waals surface area contributed by atoms with Crippen molar-refractivity contribution in [2.45, 2.75) is 52.2 Å². The van der Waals surface area contributed by atoms with E-state index in [0.717, 1.165) is 11.1 Å². The largest absolute Gasteiger partial charge is 0.508 e. The van der Waals surface area contributed by atoms with E-state index in [1.807, 2.05) is 39.8 Å². The predicted molar refractivity (Wildman–Crippen MR) is 87.6 cm³/mol. The van der Waals surface area contributed by atoms with Gasteiger partial charge in [0.25, 0.3) is 0 Å². The van der Waals surface area contributed by atoms with Gasteiger partial charge >= 0.3 is 6.09 Å². The maximum absolute atomic E-state index is 11.9. The number of carbonyl (C=O) groups is 1. The number of hydrogen-bond donors (Lipinski definition) is 2. The number of nitrogens with one attached hydrogen (secondary N) is 1. The van der Waals surface area contributed by atoms with Crippen molar-refractivity contribution in [1.29, 1.82) is 0 Å². The van der Waals surface area contributed by atoms with Crippen molar-refractivity contribution >= 4 is 12.2 Å². The van der Waals surface area contributed by atoms with E-state index in [-0.39, 0.29) is 11.8 Å². The second kappa shape index (κ2) is 6.42. The van der Waals surface area contributed by atoms with Crippen LogP contribution >= 0.6 is 0 Å². The maximum atomic E-state index is 11.9. The van der Waals surface area contributed by atoms with Crippen molar-refractivity contribution in [3.05, 3.63) is 35.4 Å². The summed E-state index contributed by atoms with van der Waals surface area (Å²) < 4.78 is 5.28. The molecule has 0 radical (unpaired) electrons. The average Bonchev–Trinajstić information content (AvgIpc) is 3.17. The first-order valence-corrected chi connectivity index (χ1v) is 7.75. The summed E-state index contributed by atoms with van der Waals surface area (Å²) in [7, 11) is 0. The van der Waals surface area contributed by atoms with Crippen LogP contribution in [0.15, 0.2) is 24.3 Å². The standard InChI is InChI=1S/C18H25NO3/c1-12(19-17(21)22-18(2,3)4)16-10-9-15(20)11-14(16)8-7-13-5-6-13/h7-13,20H,5-6H2,1-4H3,(H,19,21)/b8-7+. The Morgan fingerprint density at radius 2 is 2.09 bits per heavy atom. The van der Waals surface area contributed by atoms with Gasteiger partial charge in [0.15, 0.2) is 0 Å². The number of phenols is 1. The first-order valence-electron chi connectivity index (χ1n) is 7.75. The molecule has 1 aromatic carbocycles. The van der Waals surface area contributed by atoms with Crippen LogP contribution in [0.5, 0.6) is 5.75 Å². The second-order valence-corrected chi connectivity index (χ2v) is 6.88. The van der Waals surface area contributed by atoms with E-state index in [9.17, 15) is 9.90 Å². The molecule has 1 unspecified atom stereocenters. The Labute approximate surface area is 132 Å². The van der Waals surface area contributed by atoms with Crippen LogP contribution in [0.2, 0.25) is 0 Å². The van der Waals surface area contributed by atoms with Crippen molar-refractivity contribution in [2.24, 2.45) is 5.92 Å². The van der Waals surface area contributed by atoms with Gasteiger partial charge in [-0.15, -0.1) is 0 Å². The van der Waals surface area contributed by atoms with Gasteiger partial charge in [0.2, 0.25) is 0 Å². The van der Waals surface area contributed by atoms with E-state index in [4.69, 9.17) is 4.74 Å². The van der Waals surface area contributed by atoms with Crippen LogP contribution in [0.4, 0.5) is 4.79 Å². The highest BCUT2D eigenvalue weighted by Gasteiger charge is 2.20. The van der Waals surface area contributed by atoms with Crippen molar-refractivity contribution in [3.8, 4) is 5.75 Å². The van der Waals surface area contributed by atoms with Crippen LogP contribution < -0.4 is 5.32 Å². The number of phenolic OH excluding ortho intramolecular Hbond substituents is 1. The summed E-state index contributed by atoms with van der Waals surface area (Å²) in [6, 6.07) is 5.00. The van der Waals surface area contributed by atoms with Crippen molar-refractivity contribution in [2.75, 3.05) is 0 Å². The molecule has 1 aliphatic carbocycles. The minimum Gasteiger partial charge on any atom is -0.508 e. The molecule has 2 N–H and O–H groups in total. The fraction of sp³-hybridized carbons (Fsp3) is 0.500. The van der Waals surface area contributed by atoms with Crippen LogP contribution in [-0.4, -0.2) is 16.8 Å². The van der Waals surface area contributed by atoms with Gasteiger partial charge in [0, 0.05) is 0 Å². The molecule has 1 aliphatic rings. The molecule has 4 heteroatoms. The summed E-state index contributed by atoms with van der Waals surface area (Å²) in [5.41, 5.74) is 1.36. The Hall–Kier alpha value is -1.97. The maximum Gasteiger partial charge on any atom is 0.408 e. The molecule has 0 saturated heterocycles. The topological polar surface area (TPSA) is 58.6 Å².